The first-order chi connectivity index (χ1) is 15.8. The van der Waals surface area contributed by atoms with Gasteiger partial charge < -0.3 is 20.5 Å². The predicted octanol–water partition coefficient (Wildman–Crippen LogP) is 1.34. The van der Waals surface area contributed by atoms with E-state index in [1.165, 1.54) is 27.8 Å². The molecule has 2 aromatic rings. The summed E-state index contributed by atoms with van der Waals surface area (Å²) in [4.78, 5) is 26.2. The number of hydrogen-bond donors (Lipinski definition) is 2. The molecule has 4 rings (SSSR count). The number of fused-ring (bicyclic) bond motifs is 1. The second-order valence-electron chi connectivity index (χ2n) is 7.79. The lowest BCUT2D eigenvalue weighted by Gasteiger charge is -2.36. The molecule has 0 spiro atoms. The third-order valence-corrected chi connectivity index (χ3v) is 8.45. The molecule has 3 N–H and O–H groups in total. The van der Waals surface area contributed by atoms with Crippen LogP contribution in [0.5, 0.6) is 11.5 Å². The number of carbonyl (C=O) groups is 2. The molecular weight excluding hydrogens is 468 g/mol. The Kier molecular flexibility index (Phi) is 6.88. The van der Waals surface area contributed by atoms with Crippen LogP contribution in [-0.2, 0) is 14.8 Å². The maximum Gasteiger partial charge on any atom is 0.251 e. The number of hydrogen-bond acceptors (Lipinski definition) is 8. The summed E-state index contributed by atoms with van der Waals surface area (Å²) in [5.41, 5.74) is 5.60. The summed E-state index contributed by atoms with van der Waals surface area (Å²) in [6, 6.07) is 5.73. The average molecular weight is 495 g/mol. The Labute approximate surface area is 196 Å². The Morgan fingerprint density at radius 1 is 1.09 bits per heavy atom. The minimum Gasteiger partial charge on any atom is -0.490 e. The van der Waals surface area contributed by atoms with Crippen LogP contribution in [0.25, 0.3) is 0 Å². The van der Waals surface area contributed by atoms with Gasteiger partial charge in [0.25, 0.3) is 5.91 Å². The molecule has 2 aliphatic rings. The van der Waals surface area contributed by atoms with E-state index >= 15 is 0 Å². The number of benzene rings is 1. The molecule has 0 radical (unpaired) electrons. The molecule has 2 amide bonds. The molecule has 0 bridgehead atoms. The molecular formula is C21H26N4O6S2. The van der Waals surface area contributed by atoms with Gasteiger partial charge in [-0.15, -0.1) is 11.3 Å². The number of amides is 2. The highest BCUT2D eigenvalue weighted by molar-refractivity contribution is 7.89. The average Bonchev–Trinajstić information content (AvgIpc) is 3.14. The van der Waals surface area contributed by atoms with Crippen molar-refractivity contribution in [2.75, 3.05) is 44.7 Å². The zero-order chi connectivity index (χ0) is 23.6. The summed E-state index contributed by atoms with van der Waals surface area (Å²) >= 11 is 1.22. The molecule has 1 aromatic heterocycles. The number of piperazine rings is 1. The number of nitrogens with two attached hydrogens (primary N) is 1. The fourth-order valence-electron chi connectivity index (χ4n) is 3.77. The summed E-state index contributed by atoms with van der Waals surface area (Å²) < 4.78 is 39.0. The van der Waals surface area contributed by atoms with E-state index in [0.29, 0.717) is 42.8 Å². The quantitative estimate of drug-likeness (QED) is 0.620. The first kappa shape index (κ1) is 23.5. The lowest BCUT2D eigenvalue weighted by Crippen LogP contribution is -2.53. The number of anilines is 1. The van der Waals surface area contributed by atoms with Crippen molar-refractivity contribution in [1.82, 2.24) is 9.21 Å². The van der Waals surface area contributed by atoms with E-state index in [2.05, 4.69) is 5.32 Å². The van der Waals surface area contributed by atoms with E-state index < -0.39 is 22.0 Å². The number of rotatable bonds is 6. The second-order valence-corrected chi connectivity index (χ2v) is 10.6. The van der Waals surface area contributed by atoms with Crippen LogP contribution >= 0.6 is 11.3 Å². The van der Waals surface area contributed by atoms with Gasteiger partial charge in [-0.2, -0.15) is 4.31 Å². The van der Waals surface area contributed by atoms with E-state index in [1.54, 1.807) is 24.4 Å². The molecule has 1 saturated heterocycles. The van der Waals surface area contributed by atoms with Crippen LogP contribution in [0.1, 0.15) is 23.7 Å². The first-order valence-corrected chi connectivity index (χ1v) is 12.9. The van der Waals surface area contributed by atoms with Crippen molar-refractivity contribution >= 4 is 38.2 Å². The van der Waals surface area contributed by atoms with E-state index in [1.807, 2.05) is 4.90 Å². The highest BCUT2D eigenvalue weighted by Crippen LogP contribution is 2.33. The molecule has 10 nitrogen and oxygen atoms in total. The highest BCUT2D eigenvalue weighted by atomic mass is 32.2. The first-order valence-electron chi connectivity index (χ1n) is 10.6. The number of sulfonamides is 1. The number of nitrogens with one attached hydrogen (secondary N) is 1. The zero-order valence-corrected chi connectivity index (χ0v) is 19.8. The van der Waals surface area contributed by atoms with Gasteiger partial charge in [0, 0.05) is 38.7 Å². The smallest absolute Gasteiger partial charge is 0.251 e. The van der Waals surface area contributed by atoms with Gasteiger partial charge in [-0.25, -0.2) is 8.42 Å². The van der Waals surface area contributed by atoms with Crippen molar-refractivity contribution in [2.24, 2.45) is 5.73 Å². The minimum atomic E-state index is -3.71. The van der Waals surface area contributed by atoms with Crippen molar-refractivity contribution in [3.8, 4) is 11.5 Å². The number of primary amides is 1. The fraction of sp³-hybridized carbons (Fsp3) is 0.429. The molecule has 0 saturated carbocycles. The number of ether oxygens (including phenoxy) is 2. The van der Waals surface area contributed by atoms with Crippen LogP contribution in [0, 0.1) is 0 Å². The Balaban J connectivity index is 1.38. The summed E-state index contributed by atoms with van der Waals surface area (Å²) in [7, 11) is -3.71. The number of nitrogens with zero attached hydrogens (tertiary/aromatic N) is 2. The van der Waals surface area contributed by atoms with Crippen LogP contribution in [0.4, 0.5) is 5.00 Å². The van der Waals surface area contributed by atoms with Crippen molar-refractivity contribution in [3.05, 3.63) is 35.2 Å². The highest BCUT2D eigenvalue weighted by Gasteiger charge is 2.33. The van der Waals surface area contributed by atoms with E-state index in [0.717, 1.165) is 6.42 Å². The van der Waals surface area contributed by atoms with Gasteiger partial charge in [0.1, 0.15) is 5.00 Å². The summed E-state index contributed by atoms with van der Waals surface area (Å²) in [6.45, 7) is 4.04. The minimum absolute atomic E-state index is 0.155. The van der Waals surface area contributed by atoms with Crippen LogP contribution in [0.15, 0.2) is 34.5 Å². The summed E-state index contributed by atoms with van der Waals surface area (Å²) in [5.74, 6) is 0.0923. The molecule has 0 unspecified atom stereocenters. The predicted molar refractivity (Wildman–Crippen MR) is 123 cm³/mol. The Morgan fingerprint density at radius 3 is 2.48 bits per heavy atom. The molecule has 2 aliphatic heterocycles. The molecule has 178 valence electrons. The number of thiophene rings is 1. The fourth-order valence-corrected chi connectivity index (χ4v) is 6.00. The van der Waals surface area contributed by atoms with Crippen LogP contribution < -0.4 is 20.5 Å². The summed E-state index contributed by atoms with van der Waals surface area (Å²) in [6.07, 6.45) is 0.737. The van der Waals surface area contributed by atoms with E-state index in [4.69, 9.17) is 15.2 Å². The largest absolute Gasteiger partial charge is 0.490 e. The molecule has 33 heavy (non-hydrogen) atoms. The van der Waals surface area contributed by atoms with E-state index in [9.17, 15) is 18.0 Å². The maximum absolute atomic E-state index is 13.2. The van der Waals surface area contributed by atoms with Crippen LogP contribution in [0.3, 0.4) is 0 Å². The van der Waals surface area contributed by atoms with Crippen molar-refractivity contribution in [1.29, 1.82) is 0 Å². The SMILES string of the molecule is C[C@H](C(=O)Nc1sccc1C(N)=O)N1CCN(S(=O)(=O)c2ccc3c(c2)OCCCO3)CC1. The summed E-state index contributed by atoms with van der Waals surface area (Å²) in [5, 5.41) is 4.85. The standard InChI is InChI=1S/C21H26N4O6S2/c1-14(20(27)23-21-16(19(22)26)5-12-32-21)24-6-8-25(9-7-24)33(28,29)15-3-4-17-18(13-15)31-11-2-10-30-17/h3-5,12-14H,2,6-11H2,1H3,(H2,22,26)(H,23,27)/t14-/m1/s1. The van der Waals surface area contributed by atoms with Gasteiger partial charge in [-0.3, -0.25) is 14.5 Å². The molecule has 1 fully saturated rings. The Hall–Kier alpha value is -2.67. The second kappa shape index (κ2) is 9.67. The molecule has 1 atom stereocenters. The lowest BCUT2D eigenvalue weighted by molar-refractivity contribution is -0.121. The van der Waals surface area contributed by atoms with Gasteiger partial charge in [0.2, 0.25) is 15.9 Å². The van der Waals surface area contributed by atoms with Gasteiger partial charge >= 0.3 is 0 Å². The molecule has 0 aliphatic carbocycles. The molecule has 12 heteroatoms. The van der Waals surface area contributed by atoms with Crippen molar-refractivity contribution in [3.63, 3.8) is 0 Å². The van der Waals surface area contributed by atoms with Gasteiger partial charge in [0.05, 0.1) is 29.7 Å². The third-order valence-electron chi connectivity index (χ3n) is 5.72. The lowest BCUT2D eigenvalue weighted by atomic mass is 10.2. The maximum atomic E-state index is 13.2. The zero-order valence-electron chi connectivity index (χ0n) is 18.2. The van der Waals surface area contributed by atoms with Gasteiger partial charge in [0.15, 0.2) is 11.5 Å². The third kappa shape index (κ3) is 4.98. The molecule has 3 heterocycles. The number of carbonyl (C=O) groups excluding carboxylic acids is 2. The topological polar surface area (TPSA) is 131 Å². The van der Waals surface area contributed by atoms with Crippen LogP contribution in [0.2, 0.25) is 0 Å². The van der Waals surface area contributed by atoms with Crippen molar-refractivity contribution in [2.45, 2.75) is 24.3 Å². The van der Waals surface area contributed by atoms with Crippen molar-refractivity contribution < 1.29 is 27.5 Å². The normalized spacial score (nSPS) is 18.3. The Bertz CT molecular complexity index is 1140. The van der Waals surface area contributed by atoms with Gasteiger partial charge in [-0.05, 0) is 30.5 Å². The Morgan fingerprint density at radius 2 is 1.79 bits per heavy atom. The molecule has 1 aromatic carbocycles. The van der Waals surface area contributed by atoms with E-state index in [-0.39, 0.29) is 29.5 Å². The monoisotopic (exact) mass is 494 g/mol. The van der Waals surface area contributed by atoms with Gasteiger partial charge in [-0.1, -0.05) is 0 Å². The van der Waals surface area contributed by atoms with Crippen LogP contribution in [-0.4, -0.2) is 74.9 Å².